The highest BCUT2D eigenvalue weighted by Gasteiger charge is 2.20. The van der Waals surface area contributed by atoms with Crippen LogP contribution >= 0.6 is 11.5 Å². The Kier molecular flexibility index (Phi) is 4.15. The van der Waals surface area contributed by atoms with E-state index in [0.29, 0.717) is 5.82 Å². The van der Waals surface area contributed by atoms with Crippen molar-refractivity contribution in [2.24, 2.45) is 5.92 Å². The van der Waals surface area contributed by atoms with Crippen LogP contribution in [0.15, 0.2) is 0 Å². The van der Waals surface area contributed by atoms with Crippen LogP contribution in [0.5, 0.6) is 0 Å². The molecule has 2 aromatic heterocycles. The van der Waals surface area contributed by atoms with Crippen LogP contribution in [0.25, 0.3) is 10.7 Å². The van der Waals surface area contributed by atoms with Gasteiger partial charge < -0.3 is 5.11 Å². The van der Waals surface area contributed by atoms with E-state index >= 15 is 0 Å². The normalized spacial score (nSPS) is 12.5. The number of hydrogen-bond donors (Lipinski definition) is 1. The van der Waals surface area contributed by atoms with Gasteiger partial charge in [0.1, 0.15) is 4.88 Å². The smallest absolute Gasteiger partial charge is 0.308 e. The average Bonchev–Trinajstić information content (AvgIpc) is 2.98. The standard InChI is InChI=1S/C10H14N6O2S/c1-3-4-7-8(19-15-11-7)9-12-13-14-16(9)5-6(2)10(17)18/h6H,3-5H2,1-2H3,(H,17,18). The van der Waals surface area contributed by atoms with Crippen LogP contribution in [-0.4, -0.2) is 40.9 Å². The number of rotatable bonds is 6. The SMILES string of the molecule is CCCc1nnsc1-c1nnnn1CC(C)C(=O)O. The molecule has 9 heteroatoms. The maximum absolute atomic E-state index is 10.9. The Hall–Kier alpha value is -1.90. The molecule has 0 spiro atoms. The van der Waals surface area contributed by atoms with E-state index in [2.05, 4.69) is 32.0 Å². The number of carboxylic acid groups (broad SMARTS) is 1. The molecule has 2 rings (SSSR count). The van der Waals surface area contributed by atoms with E-state index in [1.54, 1.807) is 6.92 Å². The first-order chi connectivity index (χ1) is 9.13. The summed E-state index contributed by atoms with van der Waals surface area (Å²) in [7, 11) is 0. The number of carbonyl (C=O) groups is 1. The average molecular weight is 282 g/mol. The first kappa shape index (κ1) is 13.5. The first-order valence-corrected chi connectivity index (χ1v) is 6.71. The fraction of sp³-hybridized carbons (Fsp3) is 0.600. The van der Waals surface area contributed by atoms with Gasteiger partial charge in [-0.3, -0.25) is 4.79 Å². The Morgan fingerprint density at radius 1 is 1.47 bits per heavy atom. The quantitative estimate of drug-likeness (QED) is 0.837. The summed E-state index contributed by atoms with van der Waals surface area (Å²) in [6.45, 7) is 3.89. The van der Waals surface area contributed by atoms with Crippen molar-refractivity contribution in [1.29, 1.82) is 0 Å². The maximum atomic E-state index is 10.9. The Bertz CT molecular complexity index is 566. The van der Waals surface area contributed by atoms with E-state index in [1.807, 2.05) is 0 Å². The van der Waals surface area contributed by atoms with Crippen LogP contribution in [0.2, 0.25) is 0 Å². The lowest BCUT2D eigenvalue weighted by Crippen LogP contribution is -2.18. The van der Waals surface area contributed by atoms with Gasteiger partial charge in [0.15, 0.2) is 5.82 Å². The number of aliphatic carboxylic acids is 1. The second kappa shape index (κ2) is 5.83. The van der Waals surface area contributed by atoms with Gasteiger partial charge in [-0.05, 0) is 28.4 Å². The summed E-state index contributed by atoms with van der Waals surface area (Å²) in [5.74, 6) is -0.901. The summed E-state index contributed by atoms with van der Waals surface area (Å²) in [6, 6.07) is 0. The third kappa shape index (κ3) is 2.92. The first-order valence-electron chi connectivity index (χ1n) is 5.94. The van der Waals surface area contributed by atoms with Crippen LogP contribution < -0.4 is 0 Å². The molecule has 1 atom stereocenters. The van der Waals surface area contributed by atoms with Crippen molar-refractivity contribution in [2.45, 2.75) is 33.2 Å². The van der Waals surface area contributed by atoms with Crippen LogP contribution in [-0.2, 0) is 17.8 Å². The van der Waals surface area contributed by atoms with Gasteiger partial charge >= 0.3 is 5.97 Å². The van der Waals surface area contributed by atoms with E-state index in [1.165, 1.54) is 16.2 Å². The minimum Gasteiger partial charge on any atom is -0.481 e. The fourth-order valence-electron chi connectivity index (χ4n) is 1.61. The highest BCUT2D eigenvalue weighted by atomic mass is 32.1. The van der Waals surface area contributed by atoms with E-state index in [-0.39, 0.29) is 6.54 Å². The summed E-state index contributed by atoms with van der Waals surface area (Å²) in [5, 5.41) is 24.4. The third-order valence-electron chi connectivity index (χ3n) is 2.65. The van der Waals surface area contributed by atoms with Gasteiger partial charge in [-0.15, -0.1) is 10.2 Å². The highest BCUT2D eigenvalue weighted by Crippen LogP contribution is 2.24. The molecule has 0 aliphatic carbocycles. The molecule has 19 heavy (non-hydrogen) atoms. The number of hydrogen-bond acceptors (Lipinski definition) is 7. The van der Waals surface area contributed by atoms with Crippen molar-refractivity contribution in [3.8, 4) is 10.7 Å². The minimum atomic E-state index is -0.877. The van der Waals surface area contributed by atoms with Gasteiger partial charge in [0.25, 0.3) is 0 Å². The van der Waals surface area contributed by atoms with Crippen molar-refractivity contribution in [3.63, 3.8) is 0 Å². The molecular weight excluding hydrogens is 268 g/mol. The molecule has 8 nitrogen and oxygen atoms in total. The summed E-state index contributed by atoms with van der Waals surface area (Å²) < 4.78 is 5.41. The number of aromatic nitrogens is 6. The molecule has 1 unspecified atom stereocenters. The topological polar surface area (TPSA) is 107 Å². The summed E-state index contributed by atoms with van der Waals surface area (Å²) >= 11 is 1.22. The lowest BCUT2D eigenvalue weighted by Gasteiger charge is -2.07. The van der Waals surface area contributed by atoms with Gasteiger partial charge in [0, 0.05) is 0 Å². The molecule has 2 heterocycles. The van der Waals surface area contributed by atoms with E-state index in [0.717, 1.165) is 23.4 Å². The largest absolute Gasteiger partial charge is 0.481 e. The molecule has 0 fully saturated rings. The molecule has 102 valence electrons. The number of tetrazole rings is 1. The highest BCUT2D eigenvalue weighted by molar-refractivity contribution is 7.09. The second-order valence-electron chi connectivity index (χ2n) is 4.22. The maximum Gasteiger partial charge on any atom is 0.308 e. The molecule has 0 radical (unpaired) electrons. The van der Waals surface area contributed by atoms with E-state index in [4.69, 9.17) is 5.11 Å². The van der Waals surface area contributed by atoms with E-state index in [9.17, 15) is 4.79 Å². The van der Waals surface area contributed by atoms with Gasteiger partial charge in [0.2, 0.25) is 0 Å². The van der Waals surface area contributed by atoms with Gasteiger partial charge in [-0.2, -0.15) is 0 Å². The lowest BCUT2D eigenvalue weighted by molar-refractivity contribution is -0.141. The van der Waals surface area contributed by atoms with Crippen LogP contribution in [0.1, 0.15) is 26.0 Å². The second-order valence-corrected chi connectivity index (χ2v) is 4.98. The Morgan fingerprint density at radius 2 is 2.26 bits per heavy atom. The molecule has 0 amide bonds. The molecule has 0 aliphatic rings. The van der Waals surface area contributed by atoms with Crippen LogP contribution in [0.4, 0.5) is 0 Å². The molecule has 0 aliphatic heterocycles. The van der Waals surface area contributed by atoms with Crippen molar-refractivity contribution in [1.82, 2.24) is 29.8 Å². The summed E-state index contributed by atoms with van der Waals surface area (Å²) in [6.07, 6.45) is 1.75. The van der Waals surface area contributed by atoms with Crippen LogP contribution in [0, 0.1) is 5.92 Å². The number of carboxylic acids is 1. The zero-order valence-electron chi connectivity index (χ0n) is 10.6. The third-order valence-corrected chi connectivity index (χ3v) is 3.41. The molecule has 1 N–H and O–H groups in total. The minimum absolute atomic E-state index is 0.223. The zero-order valence-corrected chi connectivity index (χ0v) is 11.5. The molecule has 0 saturated heterocycles. The predicted octanol–water partition coefficient (Wildman–Crippen LogP) is 0.865. The van der Waals surface area contributed by atoms with Gasteiger partial charge in [0.05, 0.1) is 18.2 Å². The molecule has 0 saturated carbocycles. The molecule has 0 aromatic carbocycles. The van der Waals surface area contributed by atoms with Gasteiger partial charge in [-0.25, -0.2) is 4.68 Å². The van der Waals surface area contributed by atoms with Crippen molar-refractivity contribution in [3.05, 3.63) is 5.69 Å². The van der Waals surface area contributed by atoms with Crippen molar-refractivity contribution < 1.29 is 9.90 Å². The fourth-order valence-corrected chi connectivity index (χ4v) is 2.30. The van der Waals surface area contributed by atoms with Crippen molar-refractivity contribution >= 4 is 17.5 Å². The summed E-state index contributed by atoms with van der Waals surface area (Å²) in [5.41, 5.74) is 0.853. The van der Waals surface area contributed by atoms with E-state index < -0.39 is 11.9 Å². The Morgan fingerprint density at radius 3 is 2.95 bits per heavy atom. The van der Waals surface area contributed by atoms with Crippen LogP contribution in [0.3, 0.4) is 0 Å². The predicted molar refractivity (Wildman–Crippen MR) is 67.5 cm³/mol. The van der Waals surface area contributed by atoms with Crippen molar-refractivity contribution in [2.75, 3.05) is 0 Å². The molecular formula is C10H14N6O2S. The van der Waals surface area contributed by atoms with Gasteiger partial charge in [-0.1, -0.05) is 24.8 Å². The number of aryl methyl sites for hydroxylation is 1. The molecule has 0 bridgehead atoms. The number of nitrogens with zero attached hydrogens (tertiary/aromatic N) is 6. The molecule has 2 aromatic rings. The zero-order chi connectivity index (χ0) is 13.8. The lowest BCUT2D eigenvalue weighted by atomic mass is 10.2. The summed E-state index contributed by atoms with van der Waals surface area (Å²) in [4.78, 5) is 11.7. The Balaban J connectivity index is 2.28. The Labute approximate surface area is 113 Å². The monoisotopic (exact) mass is 282 g/mol.